The van der Waals surface area contributed by atoms with Crippen LogP contribution >= 0.6 is 0 Å². The summed E-state index contributed by atoms with van der Waals surface area (Å²) in [5, 5.41) is 2.65. The summed E-state index contributed by atoms with van der Waals surface area (Å²) in [5.41, 5.74) is 7.38. The Hall–Kier alpha value is -2.10. The summed E-state index contributed by atoms with van der Waals surface area (Å²) in [4.78, 5) is 23.2. The minimum absolute atomic E-state index is 0.0174. The van der Waals surface area contributed by atoms with E-state index in [-0.39, 0.29) is 11.8 Å². The van der Waals surface area contributed by atoms with Crippen LogP contribution in [0.4, 0.5) is 0 Å². The lowest BCUT2D eigenvalue weighted by atomic mass is 9.98. The molecule has 0 radical (unpaired) electrons. The van der Waals surface area contributed by atoms with Crippen molar-refractivity contribution in [2.75, 3.05) is 0 Å². The highest BCUT2D eigenvalue weighted by atomic mass is 16.2. The molecule has 0 bridgehead atoms. The first kappa shape index (κ1) is 16.0. The third-order valence-electron chi connectivity index (χ3n) is 3.29. The van der Waals surface area contributed by atoms with Crippen molar-refractivity contribution in [3.8, 4) is 0 Å². The molecule has 0 aliphatic carbocycles. The van der Waals surface area contributed by atoms with E-state index in [0.717, 1.165) is 17.5 Å². The van der Waals surface area contributed by atoms with E-state index in [2.05, 4.69) is 5.32 Å². The minimum atomic E-state index is -0.630. The normalized spacial score (nSPS) is 13.9. The van der Waals surface area contributed by atoms with E-state index in [4.69, 9.17) is 5.73 Å². The summed E-state index contributed by atoms with van der Waals surface area (Å²) in [6.07, 6.45) is 3.92. The maximum Gasteiger partial charge on any atom is 0.244 e. The monoisotopic (exact) mass is 274 g/mol. The molecule has 20 heavy (non-hydrogen) atoms. The average molecular weight is 274 g/mol. The van der Waals surface area contributed by atoms with Gasteiger partial charge in [-0.1, -0.05) is 50.1 Å². The molecule has 1 rings (SSSR count). The van der Waals surface area contributed by atoms with Crippen molar-refractivity contribution in [1.29, 1.82) is 0 Å². The zero-order valence-corrected chi connectivity index (χ0v) is 12.2. The molecule has 0 aromatic heterocycles. The summed E-state index contributed by atoms with van der Waals surface area (Å²) in [6.45, 7) is 5.83. The number of hydrogen-bond acceptors (Lipinski definition) is 2. The number of benzene rings is 1. The Kier molecular flexibility index (Phi) is 5.97. The Bertz CT molecular complexity index is 509. The molecule has 0 aliphatic rings. The van der Waals surface area contributed by atoms with Crippen molar-refractivity contribution in [2.45, 2.75) is 33.2 Å². The molecule has 2 atom stereocenters. The first-order chi connectivity index (χ1) is 9.43. The summed E-state index contributed by atoms with van der Waals surface area (Å²) in [7, 11) is 0. The SMILES string of the molecule is CCC(C)C(NC(=O)C=Cc1cccc(C)c1)C(N)=O. The Labute approximate surface area is 120 Å². The van der Waals surface area contributed by atoms with Crippen LogP contribution in [0, 0.1) is 12.8 Å². The maximum atomic E-state index is 11.8. The molecule has 108 valence electrons. The van der Waals surface area contributed by atoms with E-state index >= 15 is 0 Å². The number of amides is 2. The minimum Gasteiger partial charge on any atom is -0.368 e. The highest BCUT2D eigenvalue weighted by Gasteiger charge is 2.22. The van der Waals surface area contributed by atoms with Gasteiger partial charge in [-0.15, -0.1) is 0 Å². The van der Waals surface area contributed by atoms with Crippen molar-refractivity contribution < 1.29 is 9.59 Å². The van der Waals surface area contributed by atoms with Crippen LogP contribution in [-0.4, -0.2) is 17.9 Å². The van der Waals surface area contributed by atoms with E-state index in [1.54, 1.807) is 6.08 Å². The molecule has 0 aliphatic heterocycles. The van der Waals surface area contributed by atoms with Crippen LogP contribution in [0.5, 0.6) is 0 Å². The zero-order valence-electron chi connectivity index (χ0n) is 12.2. The van der Waals surface area contributed by atoms with Gasteiger partial charge >= 0.3 is 0 Å². The van der Waals surface area contributed by atoms with Crippen LogP contribution in [0.15, 0.2) is 30.3 Å². The van der Waals surface area contributed by atoms with Gasteiger partial charge in [0.2, 0.25) is 11.8 Å². The van der Waals surface area contributed by atoms with Gasteiger partial charge in [0.05, 0.1) is 0 Å². The summed E-state index contributed by atoms with van der Waals surface area (Å²) in [6, 6.07) is 7.18. The second kappa shape index (κ2) is 7.48. The zero-order chi connectivity index (χ0) is 15.1. The van der Waals surface area contributed by atoms with E-state index in [0.29, 0.717) is 0 Å². The molecule has 2 amide bonds. The van der Waals surface area contributed by atoms with Crippen LogP contribution in [-0.2, 0) is 9.59 Å². The molecule has 0 saturated carbocycles. The lowest BCUT2D eigenvalue weighted by molar-refractivity contribution is -0.126. The first-order valence-corrected chi connectivity index (χ1v) is 6.78. The van der Waals surface area contributed by atoms with Gasteiger partial charge < -0.3 is 11.1 Å². The van der Waals surface area contributed by atoms with Crippen molar-refractivity contribution in [3.05, 3.63) is 41.5 Å². The van der Waals surface area contributed by atoms with Crippen LogP contribution in [0.1, 0.15) is 31.4 Å². The molecule has 3 N–H and O–H groups in total. The van der Waals surface area contributed by atoms with E-state index in [1.165, 1.54) is 6.08 Å². The molecular formula is C16H22N2O2. The summed E-state index contributed by atoms with van der Waals surface area (Å²) >= 11 is 0. The van der Waals surface area contributed by atoms with Gasteiger partial charge in [0, 0.05) is 6.08 Å². The van der Waals surface area contributed by atoms with Crippen LogP contribution in [0.2, 0.25) is 0 Å². The highest BCUT2D eigenvalue weighted by Crippen LogP contribution is 2.08. The summed E-state index contributed by atoms with van der Waals surface area (Å²) in [5.74, 6) is -0.795. The third-order valence-corrected chi connectivity index (χ3v) is 3.29. The topological polar surface area (TPSA) is 72.2 Å². The van der Waals surface area contributed by atoms with Crippen LogP contribution in [0.25, 0.3) is 6.08 Å². The van der Waals surface area contributed by atoms with Gasteiger partial charge in [-0.2, -0.15) is 0 Å². The Morgan fingerprint density at radius 3 is 2.65 bits per heavy atom. The number of carbonyl (C=O) groups excluding carboxylic acids is 2. The van der Waals surface area contributed by atoms with E-state index in [1.807, 2.05) is 45.0 Å². The van der Waals surface area contributed by atoms with Gasteiger partial charge in [-0.05, 0) is 24.5 Å². The van der Waals surface area contributed by atoms with Crippen molar-refractivity contribution >= 4 is 17.9 Å². The highest BCUT2D eigenvalue weighted by molar-refractivity contribution is 5.95. The molecule has 0 spiro atoms. The first-order valence-electron chi connectivity index (χ1n) is 6.78. The molecule has 0 fully saturated rings. The fourth-order valence-corrected chi connectivity index (χ4v) is 1.88. The van der Waals surface area contributed by atoms with Crippen LogP contribution in [0.3, 0.4) is 0 Å². The fraction of sp³-hybridized carbons (Fsp3) is 0.375. The van der Waals surface area contributed by atoms with Crippen molar-refractivity contribution in [3.63, 3.8) is 0 Å². The number of primary amides is 1. The molecule has 1 aromatic carbocycles. The average Bonchev–Trinajstić information content (AvgIpc) is 2.41. The Morgan fingerprint density at radius 2 is 2.10 bits per heavy atom. The lowest BCUT2D eigenvalue weighted by Crippen LogP contribution is -2.47. The molecule has 0 heterocycles. The molecule has 0 saturated heterocycles. The molecule has 2 unspecified atom stereocenters. The quantitative estimate of drug-likeness (QED) is 0.779. The largest absolute Gasteiger partial charge is 0.368 e. The maximum absolute atomic E-state index is 11.8. The van der Waals surface area contributed by atoms with E-state index in [9.17, 15) is 9.59 Å². The molecule has 4 nitrogen and oxygen atoms in total. The Balaban J connectivity index is 2.68. The number of hydrogen-bond donors (Lipinski definition) is 2. The van der Waals surface area contributed by atoms with Gasteiger partial charge in [0.25, 0.3) is 0 Å². The fourth-order valence-electron chi connectivity index (χ4n) is 1.88. The van der Waals surface area contributed by atoms with Gasteiger partial charge in [-0.25, -0.2) is 0 Å². The predicted molar refractivity (Wildman–Crippen MR) is 80.8 cm³/mol. The Morgan fingerprint density at radius 1 is 1.40 bits per heavy atom. The van der Waals surface area contributed by atoms with E-state index < -0.39 is 11.9 Å². The number of carbonyl (C=O) groups is 2. The van der Waals surface area contributed by atoms with Crippen molar-refractivity contribution in [1.82, 2.24) is 5.32 Å². The van der Waals surface area contributed by atoms with Gasteiger partial charge in [-0.3, -0.25) is 9.59 Å². The van der Waals surface area contributed by atoms with Crippen LogP contribution < -0.4 is 11.1 Å². The number of rotatable bonds is 6. The van der Waals surface area contributed by atoms with Crippen molar-refractivity contribution in [2.24, 2.45) is 11.7 Å². The molecule has 4 heteroatoms. The number of aryl methyl sites for hydroxylation is 1. The molecule has 1 aromatic rings. The summed E-state index contributed by atoms with van der Waals surface area (Å²) < 4.78 is 0. The van der Waals surface area contributed by atoms with Gasteiger partial charge in [0.15, 0.2) is 0 Å². The second-order valence-corrected chi connectivity index (χ2v) is 5.02. The smallest absolute Gasteiger partial charge is 0.244 e. The van der Waals surface area contributed by atoms with Gasteiger partial charge in [0.1, 0.15) is 6.04 Å². The third kappa shape index (κ3) is 4.88. The standard InChI is InChI=1S/C16H22N2O2/c1-4-12(3)15(16(17)20)18-14(19)9-8-13-7-5-6-11(2)10-13/h5-10,12,15H,4H2,1-3H3,(H2,17,20)(H,18,19). The number of nitrogens with one attached hydrogen (secondary N) is 1. The lowest BCUT2D eigenvalue weighted by Gasteiger charge is -2.20. The second-order valence-electron chi connectivity index (χ2n) is 5.02. The number of nitrogens with two attached hydrogens (primary N) is 1. The predicted octanol–water partition coefficient (Wildman–Crippen LogP) is 2.02. The molecular weight excluding hydrogens is 252 g/mol.